The van der Waals surface area contributed by atoms with Gasteiger partial charge in [0.2, 0.25) is 0 Å². The van der Waals surface area contributed by atoms with Crippen LogP contribution in [0.15, 0.2) is 41.2 Å². The number of rotatable bonds is 1. The lowest BCUT2D eigenvalue weighted by molar-refractivity contribution is 0.0681. The number of nitrogens with one attached hydrogen (secondary N) is 2. The topological polar surface area (TPSA) is 85.1 Å². The second kappa shape index (κ2) is 5.77. The van der Waals surface area contributed by atoms with Crippen molar-refractivity contribution in [1.29, 1.82) is 0 Å². The standard InChI is InChI=1S/C18H19N5O2/c1-11-9-22(2)15-6-4-3-5-12(15)10-23(11)17(24)14-8-7-13-16(19-14)21-18(25)20-13/h3-8,11H,9-10H2,1-2H3,(H2,19,20,21,25)/t11-/m1/s1. The highest BCUT2D eigenvalue weighted by atomic mass is 16.2. The highest BCUT2D eigenvalue weighted by Gasteiger charge is 2.28. The van der Waals surface area contributed by atoms with Gasteiger partial charge in [0.1, 0.15) is 5.69 Å². The van der Waals surface area contributed by atoms with Crippen LogP contribution in [0.4, 0.5) is 5.69 Å². The Kier molecular flexibility index (Phi) is 3.56. The SMILES string of the molecule is C[C@@H]1CN(C)c2ccccc2CN1C(=O)c1ccc2[nH]c(=O)[nH]c2n1. The fourth-order valence-corrected chi connectivity index (χ4v) is 3.40. The molecule has 0 saturated carbocycles. The van der Waals surface area contributed by atoms with E-state index in [4.69, 9.17) is 0 Å². The highest BCUT2D eigenvalue weighted by molar-refractivity contribution is 5.94. The van der Waals surface area contributed by atoms with Gasteiger partial charge in [0.15, 0.2) is 5.65 Å². The number of hydrogen-bond acceptors (Lipinski definition) is 4. The quantitative estimate of drug-likeness (QED) is 0.708. The maximum Gasteiger partial charge on any atom is 0.325 e. The van der Waals surface area contributed by atoms with Gasteiger partial charge in [-0.25, -0.2) is 9.78 Å². The molecule has 1 aromatic carbocycles. The zero-order valence-electron chi connectivity index (χ0n) is 14.1. The Morgan fingerprint density at radius 1 is 1.20 bits per heavy atom. The summed E-state index contributed by atoms with van der Waals surface area (Å²) in [7, 11) is 2.04. The first-order valence-electron chi connectivity index (χ1n) is 8.22. The van der Waals surface area contributed by atoms with Crippen molar-refractivity contribution in [1.82, 2.24) is 19.9 Å². The van der Waals surface area contributed by atoms with Crippen LogP contribution in [-0.4, -0.2) is 45.4 Å². The van der Waals surface area contributed by atoms with E-state index in [0.29, 0.717) is 23.4 Å². The second-order valence-corrected chi connectivity index (χ2v) is 6.46. The molecule has 7 heteroatoms. The maximum atomic E-state index is 13.1. The largest absolute Gasteiger partial charge is 0.372 e. The lowest BCUT2D eigenvalue weighted by atomic mass is 10.1. The summed E-state index contributed by atoms with van der Waals surface area (Å²) in [5.74, 6) is -0.137. The van der Waals surface area contributed by atoms with Crippen LogP contribution in [0.1, 0.15) is 23.0 Å². The van der Waals surface area contributed by atoms with Crippen molar-refractivity contribution in [2.24, 2.45) is 0 Å². The predicted molar refractivity (Wildman–Crippen MR) is 95.8 cm³/mol. The molecule has 3 aromatic rings. The number of aromatic nitrogens is 3. The molecule has 2 N–H and O–H groups in total. The van der Waals surface area contributed by atoms with Crippen LogP contribution in [0.3, 0.4) is 0 Å². The van der Waals surface area contributed by atoms with Gasteiger partial charge in [-0.3, -0.25) is 9.78 Å². The van der Waals surface area contributed by atoms with Gasteiger partial charge in [-0.1, -0.05) is 18.2 Å². The third kappa shape index (κ3) is 2.67. The molecule has 1 atom stereocenters. The van der Waals surface area contributed by atoms with Crippen LogP contribution in [0.5, 0.6) is 0 Å². The monoisotopic (exact) mass is 337 g/mol. The summed E-state index contributed by atoms with van der Waals surface area (Å²) >= 11 is 0. The Morgan fingerprint density at radius 3 is 2.84 bits per heavy atom. The molecular formula is C18H19N5O2. The molecule has 1 amide bonds. The fourth-order valence-electron chi connectivity index (χ4n) is 3.40. The molecule has 0 saturated heterocycles. The van der Waals surface area contributed by atoms with Crippen LogP contribution in [0, 0.1) is 0 Å². The van der Waals surface area contributed by atoms with Crippen molar-refractivity contribution >= 4 is 22.8 Å². The summed E-state index contributed by atoms with van der Waals surface area (Å²) in [6, 6.07) is 11.5. The molecule has 1 aliphatic rings. The maximum absolute atomic E-state index is 13.1. The highest BCUT2D eigenvalue weighted by Crippen LogP contribution is 2.26. The number of aromatic amines is 2. The van der Waals surface area contributed by atoms with Crippen LogP contribution in [0.2, 0.25) is 0 Å². The third-order valence-electron chi connectivity index (χ3n) is 4.67. The summed E-state index contributed by atoms with van der Waals surface area (Å²) < 4.78 is 0. The Morgan fingerprint density at radius 2 is 2.00 bits per heavy atom. The zero-order valence-corrected chi connectivity index (χ0v) is 14.1. The molecule has 0 unspecified atom stereocenters. The minimum atomic E-state index is -0.328. The molecule has 0 bridgehead atoms. The molecule has 0 fully saturated rings. The molecular weight excluding hydrogens is 318 g/mol. The number of pyridine rings is 1. The minimum Gasteiger partial charge on any atom is -0.372 e. The first kappa shape index (κ1) is 15.4. The number of likely N-dealkylation sites (N-methyl/N-ethyl adjacent to an activating group) is 1. The van der Waals surface area contributed by atoms with Gasteiger partial charge in [0.05, 0.1) is 5.52 Å². The molecule has 2 aromatic heterocycles. The van der Waals surface area contributed by atoms with E-state index >= 15 is 0 Å². The summed E-state index contributed by atoms with van der Waals surface area (Å²) in [5, 5.41) is 0. The van der Waals surface area contributed by atoms with Crippen molar-refractivity contribution in [3.8, 4) is 0 Å². The van der Waals surface area contributed by atoms with Gasteiger partial charge in [0, 0.05) is 31.9 Å². The molecule has 0 aliphatic carbocycles. The van der Waals surface area contributed by atoms with Crippen molar-refractivity contribution in [3.63, 3.8) is 0 Å². The molecule has 0 radical (unpaired) electrons. The number of carbonyl (C=O) groups excluding carboxylic acids is 1. The Labute approximate surface area is 144 Å². The number of benzene rings is 1. The van der Waals surface area contributed by atoms with Gasteiger partial charge in [0.25, 0.3) is 5.91 Å². The Bertz CT molecular complexity index is 1010. The van der Waals surface area contributed by atoms with Gasteiger partial charge in [-0.05, 0) is 30.7 Å². The first-order valence-corrected chi connectivity index (χ1v) is 8.22. The van der Waals surface area contributed by atoms with Gasteiger partial charge in [-0.2, -0.15) is 0 Å². The van der Waals surface area contributed by atoms with Gasteiger partial charge in [-0.15, -0.1) is 0 Å². The summed E-state index contributed by atoms with van der Waals surface area (Å²) in [6.07, 6.45) is 0. The second-order valence-electron chi connectivity index (χ2n) is 6.46. The number of amides is 1. The average molecular weight is 337 g/mol. The minimum absolute atomic E-state index is 0.0349. The van der Waals surface area contributed by atoms with E-state index in [9.17, 15) is 9.59 Å². The van der Waals surface area contributed by atoms with E-state index in [1.807, 2.05) is 37.1 Å². The molecule has 0 spiro atoms. The third-order valence-corrected chi connectivity index (χ3v) is 4.67. The van der Waals surface area contributed by atoms with Gasteiger partial charge < -0.3 is 14.8 Å². The normalized spacial score (nSPS) is 17.4. The number of fused-ring (bicyclic) bond motifs is 2. The lowest BCUT2D eigenvalue weighted by Gasteiger charge is -2.28. The number of nitrogens with zero attached hydrogens (tertiary/aromatic N) is 3. The molecule has 128 valence electrons. The van der Waals surface area contributed by atoms with Crippen molar-refractivity contribution in [3.05, 3.63) is 58.1 Å². The average Bonchev–Trinajstić information content (AvgIpc) is 2.92. The molecule has 7 nitrogen and oxygen atoms in total. The summed E-state index contributed by atoms with van der Waals surface area (Å²) in [4.78, 5) is 38.0. The summed E-state index contributed by atoms with van der Waals surface area (Å²) in [5.41, 5.74) is 3.25. The zero-order chi connectivity index (χ0) is 17.6. The van der Waals surface area contributed by atoms with Crippen LogP contribution in [0.25, 0.3) is 11.2 Å². The molecule has 4 rings (SSSR count). The smallest absolute Gasteiger partial charge is 0.325 e. The lowest BCUT2D eigenvalue weighted by Crippen LogP contribution is -2.42. The van der Waals surface area contributed by atoms with Crippen molar-refractivity contribution in [2.45, 2.75) is 19.5 Å². The van der Waals surface area contributed by atoms with Crippen molar-refractivity contribution < 1.29 is 4.79 Å². The van der Waals surface area contributed by atoms with Crippen LogP contribution >= 0.6 is 0 Å². The number of carbonyl (C=O) groups is 1. The van der Waals surface area contributed by atoms with E-state index in [1.54, 1.807) is 12.1 Å². The molecule has 3 heterocycles. The van der Waals surface area contributed by atoms with Crippen LogP contribution < -0.4 is 10.6 Å². The number of anilines is 1. The Balaban J connectivity index is 1.71. The van der Waals surface area contributed by atoms with E-state index in [2.05, 4.69) is 25.9 Å². The molecule has 1 aliphatic heterocycles. The summed E-state index contributed by atoms with van der Waals surface area (Å²) in [6.45, 7) is 3.31. The van der Waals surface area contributed by atoms with Crippen molar-refractivity contribution in [2.75, 3.05) is 18.5 Å². The number of H-pyrrole nitrogens is 2. The number of imidazole rings is 1. The fraction of sp³-hybridized carbons (Fsp3) is 0.278. The van der Waals surface area contributed by atoms with Gasteiger partial charge >= 0.3 is 5.69 Å². The van der Waals surface area contributed by atoms with Crippen LogP contribution in [-0.2, 0) is 6.54 Å². The predicted octanol–water partition coefficient (Wildman–Crippen LogP) is 1.73. The number of para-hydroxylation sites is 1. The molecule has 25 heavy (non-hydrogen) atoms. The number of hydrogen-bond donors (Lipinski definition) is 2. The Hall–Kier alpha value is -3.09. The van der Waals surface area contributed by atoms with E-state index < -0.39 is 0 Å². The van der Waals surface area contributed by atoms with E-state index in [-0.39, 0.29) is 17.6 Å². The van der Waals surface area contributed by atoms with E-state index in [1.165, 1.54) is 0 Å². The van der Waals surface area contributed by atoms with E-state index in [0.717, 1.165) is 17.8 Å². The first-order chi connectivity index (χ1) is 12.0.